The van der Waals surface area contributed by atoms with E-state index < -0.39 is 46.9 Å². The van der Waals surface area contributed by atoms with Crippen LogP contribution in [-0.4, -0.2) is 23.9 Å². The maximum atomic E-state index is 15.7. The van der Waals surface area contributed by atoms with Gasteiger partial charge in [-0.3, -0.25) is 15.0 Å². The van der Waals surface area contributed by atoms with Crippen LogP contribution in [0.4, 0.5) is 14.5 Å². The van der Waals surface area contributed by atoms with Crippen LogP contribution in [0.3, 0.4) is 0 Å². The summed E-state index contributed by atoms with van der Waals surface area (Å²) < 4.78 is 31.4. The van der Waals surface area contributed by atoms with Gasteiger partial charge in [0.2, 0.25) is 5.91 Å². The predicted molar refractivity (Wildman–Crippen MR) is 154 cm³/mol. The van der Waals surface area contributed by atoms with Crippen LogP contribution in [0.1, 0.15) is 54.6 Å². The number of nitriles is 1. The van der Waals surface area contributed by atoms with Gasteiger partial charge in [0.15, 0.2) is 0 Å². The zero-order valence-corrected chi connectivity index (χ0v) is 24.1. The van der Waals surface area contributed by atoms with Crippen LogP contribution < -0.4 is 21.9 Å². The van der Waals surface area contributed by atoms with E-state index in [1.54, 1.807) is 0 Å². The van der Waals surface area contributed by atoms with Crippen LogP contribution in [0.25, 0.3) is 0 Å². The molecule has 0 aliphatic carbocycles. The number of rotatable bonds is 6. The summed E-state index contributed by atoms with van der Waals surface area (Å²) in [5, 5.41) is 16.9. The quantitative estimate of drug-likeness (QED) is 0.161. The summed E-state index contributed by atoms with van der Waals surface area (Å²) in [7, 11) is 0. The molecule has 41 heavy (non-hydrogen) atoms. The summed E-state index contributed by atoms with van der Waals surface area (Å²) in [4.78, 5) is 25.7. The number of nitrogens with two attached hydrogens (primary N) is 1. The van der Waals surface area contributed by atoms with Gasteiger partial charge in [-0.05, 0) is 59.9 Å². The second-order valence-electron chi connectivity index (χ2n) is 11.2. The van der Waals surface area contributed by atoms with E-state index in [0.29, 0.717) is 12.1 Å². The normalized spacial score (nSPS) is 22.2. The molecule has 0 bridgehead atoms. The zero-order valence-electron chi connectivity index (χ0n) is 22.6. The van der Waals surface area contributed by atoms with Gasteiger partial charge in [-0.15, -0.1) is 0 Å². The first-order valence-corrected chi connectivity index (χ1v) is 13.6. The molecule has 0 radical (unpaired) electrons. The minimum absolute atomic E-state index is 0.00701. The molecular formula is C30H29Cl2F2N5O2. The molecule has 1 heterocycles. The number of amides is 2. The van der Waals surface area contributed by atoms with Crippen molar-refractivity contribution in [3.05, 3.63) is 99.0 Å². The molecule has 1 fully saturated rings. The lowest BCUT2D eigenvalue weighted by Crippen LogP contribution is -2.45. The molecular weight excluding hydrogens is 571 g/mol. The van der Waals surface area contributed by atoms with Crippen molar-refractivity contribution in [2.24, 2.45) is 11.3 Å². The third-order valence-corrected chi connectivity index (χ3v) is 7.80. The van der Waals surface area contributed by atoms with Gasteiger partial charge < -0.3 is 10.6 Å². The van der Waals surface area contributed by atoms with Crippen LogP contribution in [0.5, 0.6) is 0 Å². The van der Waals surface area contributed by atoms with Gasteiger partial charge in [0.25, 0.3) is 5.91 Å². The first-order chi connectivity index (χ1) is 19.3. The fourth-order valence-electron chi connectivity index (χ4n) is 5.57. The number of hydrogen-bond donors (Lipinski definition) is 4. The summed E-state index contributed by atoms with van der Waals surface area (Å²) >= 11 is 12.2. The number of hydrazine groups is 1. The minimum atomic E-state index is -1.74. The van der Waals surface area contributed by atoms with Crippen molar-refractivity contribution in [1.82, 2.24) is 10.7 Å². The average Bonchev–Trinajstić information content (AvgIpc) is 3.23. The third kappa shape index (κ3) is 5.92. The summed E-state index contributed by atoms with van der Waals surface area (Å²) in [6, 6.07) is 14.6. The Labute approximate surface area is 247 Å². The fraction of sp³-hybridized carbons (Fsp3) is 0.300. The van der Waals surface area contributed by atoms with E-state index in [2.05, 4.69) is 16.7 Å². The lowest BCUT2D eigenvalue weighted by atomic mass is 9.62. The van der Waals surface area contributed by atoms with Crippen LogP contribution in [0, 0.1) is 28.4 Å². The number of carbonyl (C=O) groups is 2. The SMILES string of the molecule is CC(C)(C)C[C@@H]1N[C@@H](C(=O)Nc2ccc(C(=O)NN)cc2)[C@H](c2cccc(Cl)c2F)[C@@]1(C#N)c1ccc(Cl)cc1F. The van der Waals surface area contributed by atoms with Crippen molar-refractivity contribution in [3.8, 4) is 6.07 Å². The number of hydrogen-bond acceptors (Lipinski definition) is 5. The predicted octanol–water partition coefficient (Wildman–Crippen LogP) is 5.84. The number of halogens is 4. The second-order valence-corrected chi connectivity index (χ2v) is 12.1. The Bertz CT molecular complexity index is 1520. The molecule has 3 aromatic carbocycles. The molecule has 0 saturated carbocycles. The number of benzene rings is 3. The van der Waals surface area contributed by atoms with Gasteiger partial charge in [0.05, 0.1) is 17.1 Å². The molecule has 1 saturated heterocycles. The number of carbonyl (C=O) groups excluding carboxylic acids is 2. The van der Waals surface area contributed by atoms with Crippen molar-refractivity contribution in [2.45, 2.75) is 50.6 Å². The number of anilines is 1. The first-order valence-electron chi connectivity index (χ1n) is 12.8. The molecule has 4 rings (SSSR count). The Hall–Kier alpha value is -3.55. The Morgan fingerprint density at radius 2 is 1.78 bits per heavy atom. The molecule has 1 aliphatic rings. The molecule has 0 spiro atoms. The topological polar surface area (TPSA) is 120 Å². The Morgan fingerprint density at radius 1 is 1.10 bits per heavy atom. The van der Waals surface area contributed by atoms with Gasteiger partial charge >= 0.3 is 0 Å². The molecule has 0 aromatic heterocycles. The summed E-state index contributed by atoms with van der Waals surface area (Å²) in [6.45, 7) is 5.86. The largest absolute Gasteiger partial charge is 0.325 e. The Kier molecular flexibility index (Phi) is 8.71. The van der Waals surface area contributed by atoms with E-state index >= 15 is 8.78 Å². The molecule has 4 atom stereocenters. The van der Waals surface area contributed by atoms with Crippen molar-refractivity contribution < 1.29 is 18.4 Å². The monoisotopic (exact) mass is 599 g/mol. The van der Waals surface area contributed by atoms with Crippen LogP contribution in [0.2, 0.25) is 10.0 Å². The lowest BCUT2D eigenvalue weighted by Gasteiger charge is -2.37. The summed E-state index contributed by atoms with van der Waals surface area (Å²) in [5.41, 5.74) is 0.521. The number of nitrogen functional groups attached to an aromatic ring is 1. The standard InChI is InChI=1S/C30H29Cl2F2N5O2/c1-29(2,3)14-23-30(15-35,20-12-9-17(31)13-22(20)33)24(19-5-4-6-21(32)25(19)34)26(38-23)28(41)37-18-10-7-16(8-11-18)27(40)39-36/h4-13,23-24,26,38H,14,36H2,1-3H3,(H,37,41)(H,39,40)/t23-,24-,26+,30-/m0/s1. The molecule has 214 valence electrons. The average molecular weight is 600 g/mol. The van der Waals surface area contributed by atoms with Crippen molar-refractivity contribution >= 4 is 40.7 Å². The Balaban J connectivity index is 1.90. The molecule has 0 unspecified atom stereocenters. The highest BCUT2D eigenvalue weighted by atomic mass is 35.5. The molecule has 7 nitrogen and oxygen atoms in total. The van der Waals surface area contributed by atoms with Crippen LogP contribution in [-0.2, 0) is 10.2 Å². The van der Waals surface area contributed by atoms with Crippen molar-refractivity contribution in [3.63, 3.8) is 0 Å². The summed E-state index contributed by atoms with van der Waals surface area (Å²) in [5.74, 6) is 1.34. The summed E-state index contributed by atoms with van der Waals surface area (Å²) in [6.07, 6.45) is 0.341. The molecule has 11 heteroatoms. The van der Waals surface area contributed by atoms with E-state index in [4.69, 9.17) is 29.0 Å². The highest BCUT2D eigenvalue weighted by Crippen LogP contribution is 2.52. The lowest BCUT2D eigenvalue weighted by molar-refractivity contribution is -0.118. The van der Waals surface area contributed by atoms with Gasteiger partial charge in [-0.25, -0.2) is 14.6 Å². The fourth-order valence-corrected chi connectivity index (χ4v) is 5.91. The van der Waals surface area contributed by atoms with Gasteiger partial charge in [0, 0.05) is 33.8 Å². The first kappa shape index (κ1) is 30.4. The number of nitrogens with zero attached hydrogens (tertiary/aromatic N) is 1. The molecule has 2 amide bonds. The zero-order chi connectivity index (χ0) is 30.1. The van der Waals surface area contributed by atoms with E-state index in [9.17, 15) is 14.9 Å². The van der Waals surface area contributed by atoms with E-state index in [-0.39, 0.29) is 32.2 Å². The second kappa shape index (κ2) is 11.7. The maximum Gasteiger partial charge on any atom is 0.265 e. The van der Waals surface area contributed by atoms with Crippen molar-refractivity contribution in [2.75, 3.05) is 5.32 Å². The maximum absolute atomic E-state index is 15.7. The van der Waals surface area contributed by atoms with Gasteiger partial charge in [-0.2, -0.15) is 5.26 Å². The van der Waals surface area contributed by atoms with Crippen LogP contribution >= 0.6 is 23.2 Å². The van der Waals surface area contributed by atoms with Crippen LogP contribution in [0.15, 0.2) is 60.7 Å². The van der Waals surface area contributed by atoms with E-state index in [0.717, 1.165) is 6.07 Å². The van der Waals surface area contributed by atoms with Gasteiger partial charge in [-0.1, -0.05) is 62.2 Å². The highest BCUT2D eigenvalue weighted by molar-refractivity contribution is 6.31. The smallest absolute Gasteiger partial charge is 0.265 e. The molecule has 1 aliphatic heterocycles. The van der Waals surface area contributed by atoms with Crippen molar-refractivity contribution in [1.29, 1.82) is 5.26 Å². The van der Waals surface area contributed by atoms with E-state index in [1.807, 2.05) is 26.2 Å². The third-order valence-electron chi connectivity index (χ3n) is 7.28. The Morgan fingerprint density at radius 3 is 2.37 bits per heavy atom. The van der Waals surface area contributed by atoms with Gasteiger partial charge in [0.1, 0.15) is 17.0 Å². The molecule has 5 N–H and O–H groups in total. The molecule has 3 aromatic rings. The number of nitrogens with one attached hydrogen (secondary N) is 3. The minimum Gasteiger partial charge on any atom is -0.325 e. The highest BCUT2D eigenvalue weighted by Gasteiger charge is 2.61. The van der Waals surface area contributed by atoms with E-state index in [1.165, 1.54) is 54.6 Å².